The van der Waals surface area contributed by atoms with E-state index in [-0.39, 0.29) is 11.4 Å². The van der Waals surface area contributed by atoms with Crippen molar-refractivity contribution in [2.75, 3.05) is 11.9 Å². The summed E-state index contributed by atoms with van der Waals surface area (Å²) in [5, 5.41) is 10.1. The molecule has 0 radical (unpaired) electrons. The van der Waals surface area contributed by atoms with Gasteiger partial charge in [0.05, 0.1) is 21.4 Å². The third-order valence-electron chi connectivity index (χ3n) is 5.90. The van der Waals surface area contributed by atoms with E-state index >= 15 is 0 Å². The highest BCUT2D eigenvalue weighted by molar-refractivity contribution is 7.22. The summed E-state index contributed by atoms with van der Waals surface area (Å²) in [5.41, 5.74) is 0.722. The van der Waals surface area contributed by atoms with Crippen LogP contribution in [0.25, 0.3) is 10.2 Å². The van der Waals surface area contributed by atoms with Crippen molar-refractivity contribution in [3.8, 4) is 0 Å². The molecule has 0 saturated carbocycles. The van der Waals surface area contributed by atoms with Gasteiger partial charge in [-0.25, -0.2) is 9.78 Å². The van der Waals surface area contributed by atoms with Crippen molar-refractivity contribution in [2.45, 2.75) is 71.5 Å². The summed E-state index contributed by atoms with van der Waals surface area (Å²) < 4.78 is 18.5. The molecule has 1 aromatic carbocycles. The quantitative estimate of drug-likeness (QED) is 0.547. The summed E-state index contributed by atoms with van der Waals surface area (Å²) in [4.78, 5) is 21.2. The van der Waals surface area contributed by atoms with Crippen molar-refractivity contribution in [3.05, 3.63) is 29.9 Å². The first-order chi connectivity index (χ1) is 15.3. The molecule has 0 bridgehead atoms. The van der Waals surface area contributed by atoms with E-state index in [1.165, 1.54) is 11.3 Å². The van der Waals surface area contributed by atoms with Crippen LogP contribution >= 0.6 is 11.3 Å². The molecule has 1 saturated heterocycles. The average Bonchev–Trinajstić information content (AvgIpc) is 3.37. The predicted molar refractivity (Wildman–Crippen MR) is 129 cm³/mol. The Kier molecular flexibility index (Phi) is 6.00. The average molecular weight is 471 g/mol. The van der Waals surface area contributed by atoms with Crippen molar-refractivity contribution < 1.29 is 18.6 Å². The normalized spacial score (nSPS) is 17.5. The number of thiazole rings is 1. The van der Waals surface area contributed by atoms with Gasteiger partial charge in [0.15, 0.2) is 11.0 Å². The molecule has 2 N–H and O–H groups in total. The van der Waals surface area contributed by atoms with Gasteiger partial charge >= 0.3 is 13.1 Å². The number of hydrogen-bond acceptors (Lipinski definition) is 8. The maximum atomic E-state index is 12.3. The fourth-order valence-corrected chi connectivity index (χ4v) is 4.12. The Bertz CT molecular complexity index is 1150. The van der Waals surface area contributed by atoms with Crippen molar-refractivity contribution in [1.29, 1.82) is 0 Å². The molecule has 0 atom stereocenters. The lowest BCUT2D eigenvalue weighted by molar-refractivity contribution is 0.00578. The van der Waals surface area contributed by atoms with Gasteiger partial charge in [0, 0.05) is 18.4 Å². The number of fused-ring (bicyclic) bond motifs is 1. The Labute approximate surface area is 197 Å². The van der Waals surface area contributed by atoms with Crippen LogP contribution < -0.4 is 16.1 Å². The van der Waals surface area contributed by atoms with Crippen LogP contribution in [-0.2, 0) is 21.1 Å². The van der Waals surface area contributed by atoms with Crippen LogP contribution in [-0.4, -0.2) is 46.0 Å². The SMILES string of the molecule is CC(C)(C)c1nc(CCNC(=O)Nc2nc3ccc(B4OC(C)(C)C(C)(C)O4)cc3s2)no1. The van der Waals surface area contributed by atoms with E-state index in [0.29, 0.717) is 29.8 Å². The molecule has 0 unspecified atom stereocenters. The molecule has 3 aromatic rings. The fraction of sp³-hybridized carbons (Fsp3) is 0.545. The number of hydrogen-bond donors (Lipinski definition) is 2. The summed E-state index contributed by atoms with van der Waals surface area (Å²) in [6.07, 6.45) is 0.476. The monoisotopic (exact) mass is 471 g/mol. The van der Waals surface area contributed by atoms with Crippen molar-refractivity contribution in [2.24, 2.45) is 0 Å². The number of benzene rings is 1. The minimum Gasteiger partial charge on any atom is -0.399 e. The number of aromatic nitrogens is 3. The molecule has 1 fully saturated rings. The van der Waals surface area contributed by atoms with Crippen LogP contribution in [0, 0.1) is 0 Å². The van der Waals surface area contributed by atoms with Crippen molar-refractivity contribution >= 4 is 45.3 Å². The lowest BCUT2D eigenvalue weighted by atomic mass is 9.79. The molecule has 1 aliphatic rings. The van der Waals surface area contributed by atoms with E-state index in [9.17, 15) is 4.79 Å². The smallest absolute Gasteiger partial charge is 0.399 e. The third kappa shape index (κ3) is 5.05. The highest BCUT2D eigenvalue weighted by Gasteiger charge is 2.51. The van der Waals surface area contributed by atoms with Gasteiger partial charge in [-0.15, -0.1) is 0 Å². The zero-order valence-electron chi connectivity index (χ0n) is 20.1. The summed E-state index contributed by atoms with van der Waals surface area (Å²) in [7, 11) is -0.440. The molecule has 11 heteroatoms. The summed E-state index contributed by atoms with van der Waals surface area (Å²) in [6, 6.07) is 5.53. The second-order valence-corrected chi connectivity index (χ2v) is 11.3. The Balaban J connectivity index is 1.34. The number of carbonyl (C=O) groups excluding carboxylic acids is 1. The van der Waals surface area contributed by atoms with Crippen LogP contribution in [0.4, 0.5) is 9.93 Å². The van der Waals surface area contributed by atoms with Gasteiger partial charge in [-0.1, -0.05) is 43.3 Å². The first-order valence-corrected chi connectivity index (χ1v) is 11.8. The van der Waals surface area contributed by atoms with Gasteiger partial charge < -0.3 is 19.1 Å². The third-order valence-corrected chi connectivity index (χ3v) is 6.84. The molecule has 176 valence electrons. The highest BCUT2D eigenvalue weighted by atomic mass is 32.1. The first-order valence-electron chi connectivity index (χ1n) is 11.0. The number of nitrogens with zero attached hydrogens (tertiary/aromatic N) is 3. The van der Waals surface area contributed by atoms with E-state index in [1.54, 1.807) is 0 Å². The van der Waals surface area contributed by atoms with Crippen LogP contribution in [0.2, 0.25) is 0 Å². The van der Waals surface area contributed by atoms with E-state index in [1.807, 2.05) is 66.7 Å². The number of amides is 2. The number of nitrogens with one attached hydrogen (secondary N) is 2. The van der Waals surface area contributed by atoms with Gasteiger partial charge in [0.25, 0.3) is 0 Å². The molecule has 2 amide bonds. The molecule has 2 aromatic heterocycles. The summed E-state index contributed by atoms with van der Waals surface area (Å²) in [6.45, 7) is 14.5. The van der Waals surface area contributed by atoms with Crippen molar-refractivity contribution in [3.63, 3.8) is 0 Å². The zero-order chi connectivity index (χ0) is 24.0. The number of rotatable bonds is 5. The second kappa shape index (κ2) is 8.37. The standard InChI is InChI=1S/C22H30BN5O4S/c1-20(2,3)17-26-16(28-30-17)10-11-24-18(29)27-19-25-14-9-8-13(12-15(14)33-19)23-31-21(4,5)22(6,7)32-23/h8-9,12H,10-11H2,1-7H3,(H2,24,25,27,29). The molecule has 0 spiro atoms. The predicted octanol–water partition coefficient (Wildman–Crippen LogP) is 3.64. The Morgan fingerprint density at radius 2 is 1.82 bits per heavy atom. The maximum absolute atomic E-state index is 12.3. The Morgan fingerprint density at radius 3 is 2.45 bits per heavy atom. The minimum atomic E-state index is -0.440. The van der Waals surface area contributed by atoms with Gasteiger partial charge in [0.1, 0.15) is 0 Å². The van der Waals surface area contributed by atoms with Crippen molar-refractivity contribution in [1.82, 2.24) is 20.4 Å². The van der Waals surface area contributed by atoms with E-state index < -0.39 is 18.3 Å². The molecule has 4 rings (SSSR count). The van der Waals surface area contributed by atoms with E-state index in [2.05, 4.69) is 25.8 Å². The first kappa shape index (κ1) is 23.7. The zero-order valence-corrected chi connectivity index (χ0v) is 20.9. The molecular formula is C22H30BN5O4S. The van der Waals surface area contributed by atoms with Crippen LogP contribution in [0.1, 0.15) is 60.2 Å². The molecule has 0 aliphatic carbocycles. The summed E-state index contributed by atoms with van der Waals surface area (Å²) >= 11 is 1.40. The molecule has 3 heterocycles. The van der Waals surface area contributed by atoms with Gasteiger partial charge in [0.2, 0.25) is 5.89 Å². The van der Waals surface area contributed by atoms with Gasteiger partial charge in [-0.05, 0) is 45.3 Å². The van der Waals surface area contributed by atoms with Crippen LogP contribution in [0.5, 0.6) is 0 Å². The minimum absolute atomic E-state index is 0.203. The Morgan fingerprint density at radius 1 is 1.12 bits per heavy atom. The van der Waals surface area contributed by atoms with Crippen LogP contribution in [0.3, 0.4) is 0 Å². The molecule has 33 heavy (non-hydrogen) atoms. The Hall–Kier alpha value is -2.50. The maximum Gasteiger partial charge on any atom is 0.494 e. The van der Waals surface area contributed by atoms with Gasteiger partial charge in [-0.2, -0.15) is 4.98 Å². The number of urea groups is 1. The second-order valence-electron chi connectivity index (χ2n) is 10.2. The summed E-state index contributed by atoms with van der Waals surface area (Å²) in [5.74, 6) is 1.15. The van der Waals surface area contributed by atoms with Crippen LogP contribution in [0.15, 0.2) is 22.7 Å². The largest absolute Gasteiger partial charge is 0.494 e. The number of carbonyl (C=O) groups is 1. The highest BCUT2D eigenvalue weighted by Crippen LogP contribution is 2.37. The number of anilines is 1. The van der Waals surface area contributed by atoms with E-state index in [0.717, 1.165) is 15.7 Å². The molecule has 1 aliphatic heterocycles. The fourth-order valence-electron chi connectivity index (χ4n) is 3.21. The molecule has 9 nitrogen and oxygen atoms in total. The topological polar surface area (TPSA) is 111 Å². The van der Waals surface area contributed by atoms with Gasteiger partial charge in [-0.3, -0.25) is 5.32 Å². The molecular weight excluding hydrogens is 441 g/mol. The lowest BCUT2D eigenvalue weighted by Crippen LogP contribution is -2.41. The van der Waals surface area contributed by atoms with E-state index in [4.69, 9.17) is 13.8 Å². The lowest BCUT2D eigenvalue weighted by Gasteiger charge is -2.32.